The maximum atomic E-state index is 12.4. The Kier molecular flexibility index (Phi) is 6.19. The number of nitrogens with zero attached hydrogens (tertiary/aromatic N) is 2. The smallest absolute Gasteiger partial charge is 0.281 e. The number of fused-ring (bicyclic) bond motifs is 2. The number of benzene rings is 4. The molecule has 0 bridgehead atoms. The fraction of sp³-hybridized carbons (Fsp3) is 0.0370. The van der Waals surface area contributed by atoms with Crippen molar-refractivity contribution >= 4 is 50.0 Å². The number of nitrogens with one attached hydrogen (secondary N) is 1. The van der Waals surface area contributed by atoms with Crippen LogP contribution in [0.5, 0.6) is 5.75 Å². The van der Waals surface area contributed by atoms with Crippen LogP contribution in [0.2, 0.25) is 0 Å². The molecule has 0 aliphatic carbocycles. The molecule has 1 N–H and O–H groups in total. The molecule has 1 aromatic heterocycles. The highest BCUT2D eigenvalue weighted by Gasteiger charge is 2.13. The van der Waals surface area contributed by atoms with E-state index in [-0.39, 0.29) is 11.6 Å². The maximum absolute atomic E-state index is 12.4. The summed E-state index contributed by atoms with van der Waals surface area (Å²) in [6.07, 6.45) is 1.55. The monoisotopic (exact) mass is 481 g/mol. The minimum absolute atomic E-state index is 0.00942. The number of hydrogen-bond donors (Lipinski definition) is 1. The van der Waals surface area contributed by atoms with Crippen LogP contribution in [0.25, 0.3) is 20.9 Å². The third kappa shape index (κ3) is 5.02. The number of hydrogen-bond acceptors (Lipinski definition) is 6. The summed E-state index contributed by atoms with van der Waals surface area (Å²) in [5.41, 5.74) is 4.41. The van der Waals surface area contributed by atoms with Gasteiger partial charge >= 0.3 is 0 Å². The van der Waals surface area contributed by atoms with Crippen molar-refractivity contribution in [2.75, 3.05) is 0 Å². The van der Waals surface area contributed by atoms with Crippen LogP contribution in [-0.4, -0.2) is 17.0 Å². The maximum Gasteiger partial charge on any atom is 0.281 e. The van der Waals surface area contributed by atoms with E-state index in [0.29, 0.717) is 16.9 Å². The van der Waals surface area contributed by atoms with Crippen LogP contribution in [0, 0.1) is 10.1 Å². The highest BCUT2D eigenvalue weighted by molar-refractivity contribution is 7.20. The third-order valence-electron chi connectivity index (χ3n) is 5.47. The summed E-state index contributed by atoms with van der Waals surface area (Å²) >= 11 is 1.25. The molecule has 5 aromatic rings. The number of carbonyl (C=O) groups is 1. The second-order valence-electron chi connectivity index (χ2n) is 7.78. The summed E-state index contributed by atoms with van der Waals surface area (Å²) in [6.45, 7) is 0.461. The van der Waals surface area contributed by atoms with Gasteiger partial charge in [-0.25, -0.2) is 5.43 Å². The Balaban J connectivity index is 1.19. The topological polar surface area (TPSA) is 93.8 Å². The molecule has 0 aliphatic rings. The van der Waals surface area contributed by atoms with Crippen molar-refractivity contribution in [1.29, 1.82) is 0 Å². The minimum atomic E-state index is -0.457. The number of rotatable bonds is 7. The van der Waals surface area contributed by atoms with Crippen molar-refractivity contribution in [3.05, 3.63) is 117 Å². The fourth-order valence-corrected chi connectivity index (χ4v) is 4.64. The van der Waals surface area contributed by atoms with E-state index in [9.17, 15) is 14.9 Å². The zero-order valence-electron chi connectivity index (χ0n) is 18.4. The molecule has 0 saturated heterocycles. The summed E-state index contributed by atoms with van der Waals surface area (Å²) in [6, 6.07) is 27.9. The number of nitro benzene ring substituents is 1. The lowest BCUT2D eigenvalue weighted by Gasteiger charge is -2.09. The molecule has 35 heavy (non-hydrogen) atoms. The zero-order chi connectivity index (χ0) is 24.2. The highest BCUT2D eigenvalue weighted by Crippen LogP contribution is 2.29. The molecule has 1 amide bonds. The second-order valence-corrected chi connectivity index (χ2v) is 8.87. The Morgan fingerprint density at radius 2 is 1.77 bits per heavy atom. The van der Waals surface area contributed by atoms with E-state index in [4.69, 9.17) is 4.74 Å². The first kappa shape index (κ1) is 22.2. The van der Waals surface area contributed by atoms with Crippen LogP contribution in [-0.2, 0) is 6.61 Å². The molecule has 4 aromatic carbocycles. The Hall–Kier alpha value is -4.56. The normalized spacial score (nSPS) is 11.2. The molecule has 7 nitrogen and oxygen atoms in total. The molecule has 8 heteroatoms. The Bertz CT molecular complexity index is 1570. The molecule has 0 aliphatic heterocycles. The van der Waals surface area contributed by atoms with Crippen molar-refractivity contribution < 1.29 is 14.5 Å². The Morgan fingerprint density at radius 1 is 0.971 bits per heavy atom. The standard InChI is InChI=1S/C27H19N3O4S/c31-27(26-15-21-14-22(30(32)33)10-13-25(21)35-26)29-28-16-18-8-11-23(12-9-18)34-17-20-6-3-5-19-4-1-2-7-24(19)20/h1-16H,17H2,(H,29,31). The van der Waals surface area contributed by atoms with E-state index in [1.807, 2.05) is 42.5 Å². The van der Waals surface area contributed by atoms with Gasteiger partial charge in [-0.15, -0.1) is 11.3 Å². The molecule has 1 heterocycles. The molecular weight excluding hydrogens is 462 g/mol. The quantitative estimate of drug-likeness (QED) is 0.168. The van der Waals surface area contributed by atoms with Gasteiger partial charge in [0, 0.05) is 22.2 Å². The molecule has 0 spiro atoms. The Morgan fingerprint density at radius 3 is 2.60 bits per heavy atom. The molecule has 0 saturated carbocycles. The van der Waals surface area contributed by atoms with Gasteiger partial charge in [-0.2, -0.15) is 5.10 Å². The first-order valence-electron chi connectivity index (χ1n) is 10.8. The fourth-order valence-electron chi connectivity index (χ4n) is 3.71. The number of carbonyl (C=O) groups excluding carboxylic acids is 1. The van der Waals surface area contributed by atoms with E-state index < -0.39 is 4.92 Å². The van der Waals surface area contributed by atoms with Gasteiger partial charge in [0.2, 0.25) is 0 Å². The van der Waals surface area contributed by atoms with Crippen LogP contribution >= 0.6 is 11.3 Å². The molecule has 0 atom stereocenters. The predicted octanol–water partition coefficient (Wildman–Crippen LogP) is 6.31. The SMILES string of the molecule is O=C(NN=Cc1ccc(OCc2cccc3ccccc23)cc1)c1cc2cc([N+](=O)[O-])ccc2s1. The summed E-state index contributed by atoms with van der Waals surface area (Å²) in [5, 5.41) is 18.0. The molecule has 5 rings (SSSR count). The van der Waals surface area contributed by atoms with Crippen LogP contribution in [0.4, 0.5) is 5.69 Å². The van der Waals surface area contributed by atoms with Crippen LogP contribution in [0.15, 0.2) is 96.1 Å². The van der Waals surface area contributed by atoms with Gasteiger partial charge in [-0.3, -0.25) is 14.9 Å². The molecule has 0 unspecified atom stereocenters. The average Bonchev–Trinajstić information content (AvgIpc) is 3.32. The molecular formula is C27H19N3O4S. The lowest BCUT2D eigenvalue weighted by Crippen LogP contribution is -2.16. The van der Waals surface area contributed by atoms with Crippen molar-refractivity contribution in [3.8, 4) is 5.75 Å². The summed E-state index contributed by atoms with van der Waals surface area (Å²) in [7, 11) is 0. The van der Waals surface area contributed by atoms with Gasteiger partial charge < -0.3 is 4.74 Å². The van der Waals surface area contributed by atoms with Gasteiger partial charge in [-0.05, 0) is 58.3 Å². The molecule has 0 radical (unpaired) electrons. The predicted molar refractivity (Wildman–Crippen MR) is 138 cm³/mol. The number of hydrazone groups is 1. The van der Waals surface area contributed by atoms with E-state index >= 15 is 0 Å². The first-order valence-corrected chi connectivity index (χ1v) is 11.6. The largest absolute Gasteiger partial charge is 0.489 e. The van der Waals surface area contributed by atoms with Crippen LogP contribution < -0.4 is 10.2 Å². The van der Waals surface area contributed by atoms with Crippen molar-refractivity contribution in [2.45, 2.75) is 6.61 Å². The average molecular weight is 482 g/mol. The number of amides is 1. The Labute approximate surface area is 204 Å². The van der Waals surface area contributed by atoms with Gasteiger partial charge in [0.25, 0.3) is 11.6 Å². The number of nitro groups is 1. The number of ether oxygens (including phenoxy) is 1. The van der Waals surface area contributed by atoms with Crippen LogP contribution in [0.3, 0.4) is 0 Å². The van der Waals surface area contributed by atoms with E-state index in [1.54, 1.807) is 18.3 Å². The lowest BCUT2D eigenvalue weighted by molar-refractivity contribution is -0.384. The number of thiophene rings is 1. The van der Waals surface area contributed by atoms with Crippen molar-refractivity contribution in [1.82, 2.24) is 5.43 Å². The second kappa shape index (κ2) is 9.74. The van der Waals surface area contributed by atoms with Gasteiger partial charge in [-0.1, -0.05) is 42.5 Å². The first-order chi connectivity index (χ1) is 17.1. The summed E-state index contributed by atoms with van der Waals surface area (Å²) in [5.74, 6) is 0.360. The van der Waals surface area contributed by atoms with Gasteiger partial charge in [0.05, 0.1) is 16.0 Å². The third-order valence-corrected chi connectivity index (χ3v) is 6.58. The van der Waals surface area contributed by atoms with E-state index in [1.165, 1.54) is 34.2 Å². The van der Waals surface area contributed by atoms with Gasteiger partial charge in [0.15, 0.2) is 0 Å². The van der Waals surface area contributed by atoms with Gasteiger partial charge in [0.1, 0.15) is 12.4 Å². The van der Waals surface area contributed by atoms with Crippen molar-refractivity contribution in [2.24, 2.45) is 5.10 Å². The molecule has 172 valence electrons. The van der Waals surface area contributed by atoms with E-state index in [2.05, 4.69) is 34.8 Å². The zero-order valence-corrected chi connectivity index (χ0v) is 19.2. The summed E-state index contributed by atoms with van der Waals surface area (Å²) in [4.78, 5) is 23.3. The molecule has 0 fully saturated rings. The highest BCUT2D eigenvalue weighted by atomic mass is 32.1. The minimum Gasteiger partial charge on any atom is -0.489 e. The summed E-state index contributed by atoms with van der Waals surface area (Å²) < 4.78 is 6.75. The number of non-ortho nitro benzene ring substituents is 1. The van der Waals surface area contributed by atoms with Crippen molar-refractivity contribution in [3.63, 3.8) is 0 Å². The lowest BCUT2D eigenvalue weighted by atomic mass is 10.1. The van der Waals surface area contributed by atoms with Crippen LogP contribution in [0.1, 0.15) is 20.8 Å². The van der Waals surface area contributed by atoms with E-state index in [0.717, 1.165) is 21.6 Å².